The number of nitrogens with one attached hydrogen (secondary N) is 1. The maximum atomic E-state index is 12.5. The Balaban J connectivity index is 2.89. The number of aromatic nitrogens is 2. The van der Waals surface area contributed by atoms with Crippen molar-refractivity contribution in [1.82, 2.24) is 9.97 Å². The van der Waals surface area contributed by atoms with Crippen LogP contribution < -0.4 is 5.32 Å². The molecule has 1 unspecified atom stereocenters. The molecule has 0 aliphatic carbocycles. The van der Waals surface area contributed by atoms with E-state index in [1.807, 2.05) is 0 Å². The molecule has 1 atom stereocenters. The van der Waals surface area contributed by atoms with Gasteiger partial charge < -0.3 is 10.4 Å². The Morgan fingerprint density at radius 3 is 2.59 bits per heavy atom. The van der Waals surface area contributed by atoms with Crippen LogP contribution in [0.15, 0.2) is 6.20 Å². The molecule has 9 heteroatoms. The smallest absolute Gasteiger partial charge is 0.396 e. The van der Waals surface area contributed by atoms with E-state index in [1.165, 1.54) is 0 Å². The van der Waals surface area contributed by atoms with E-state index in [9.17, 15) is 13.2 Å². The van der Waals surface area contributed by atoms with Crippen molar-refractivity contribution in [2.24, 2.45) is 0 Å². The standard InChI is InChI=1S/C8H8Cl2F3N3O/c9-4-3-14-7(10)16-6(4)15-5(1-2-17)8(11,12)13/h3,5,17H,1-2H2,(H,14,15,16). The van der Waals surface area contributed by atoms with Crippen molar-refractivity contribution < 1.29 is 18.3 Å². The topological polar surface area (TPSA) is 58.0 Å². The third kappa shape index (κ3) is 4.18. The average molecular weight is 290 g/mol. The first-order valence-corrected chi connectivity index (χ1v) is 5.22. The number of aliphatic hydroxyl groups is 1. The summed E-state index contributed by atoms with van der Waals surface area (Å²) in [5.41, 5.74) is 0. The minimum absolute atomic E-state index is 0.0819. The van der Waals surface area contributed by atoms with E-state index in [4.69, 9.17) is 28.3 Å². The van der Waals surface area contributed by atoms with E-state index in [0.717, 1.165) is 6.20 Å². The lowest BCUT2D eigenvalue weighted by atomic mass is 10.2. The number of halogens is 5. The van der Waals surface area contributed by atoms with Gasteiger partial charge in [-0.05, 0) is 18.0 Å². The van der Waals surface area contributed by atoms with Crippen LogP contribution in [-0.2, 0) is 0 Å². The summed E-state index contributed by atoms with van der Waals surface area (Å²) in [5.74, 6) is -0.220. The molecular formula is C8H8Cl2F3N3O. The van der Waals surface area contributed by atoms with E-state index in [2.05, 4.69) is 15.3 Å². The van der Waals surface area contributed by atoms with Crippen LogP contribution in [0.5, 0.6) is 0 Å². The number of rotatable bonds is 4. The van der Waals surface area contributed by atoms with Crippen LogP contribution in [0.3, 0.4) is 0 Å². The molecule has 0 aromatic carbocycles. The molecule has 4 nitrogen and oxygen atoms in total. The lowest BCUT2D eigenvalue weighted by Crippen LogP contribution is -2.37. The lowest BCUT2D eigenvalue weighted by molar-refractivity contribution is -0.145. The van der Waals surface area contributed by atoms with E-state index < -0.39 is 25.2 Å². The minimum Gasteiger partial charge on any atom is -0.396 e. The van der Waals surface area contributed by atoms with Crippen molar-refractivity contribution in [2.75, 3.05) is 11.9 Å². The van der Waals surface area contributed by atoms with Gasteiger partial charge in [0.1, 0.15) is 16.9 Å². The second kappa shape index (κ2) is 5.70. The molecule has 0 aliphatic rings. The molecule has 17 heavy (non-hydrogen) atoms. The number of hydrogen-bond acceptors (Lipinski definition) is 4. The lowest BCUT2D eigenvalue weighted by Gasteiger charge is -2.21. The van der Waals surface area contributed by atoms with E-state index in [0.29, 0.717) is 0 Å². The largest absolute Gasteiger partial charge is 0.408 e. The molecule has 0 saturated carbocycles. The molecule has 0 spiro atoms. The van der Waals surface area contributed by atoms with E-state index >= 15 is 0 Å². The number of aliphatic hydroxyl groups excluding tert-OH is 1. The number of nitrogens with zero attached hydrogens (tertiary/aromatic N) is 2. The van der Waals surface area contributed by atoms with Gasteiger partial charge in [-0.1, -0.05) is 11.6 Å². The van der Waals surface area contributed by atoms with Gasteiger partial charge >= 0.3 is 6.18 Å². The Kier molecular flexibility index (Phi) is 4.79. The number of anilines is 1. The highest BCUT2D eigenvalue weighted by atomic mass is 35.5. The molecule has 0 aliphatic heterocycles. The SMILES string of the molecule is OCCC(Nc1nc(Cl)ncc1Cl)C(F)(F)F. The first-order chi connectivity index (χ1) is 7.84. The van der Waals surface area contributed by atoms with E-state index in [-0.39, 0.29) is 16.1 Å². The highest BCUT2D eigenvalue weighted by Crippen LogP contribution is 2.28. The summed E-state index contributed by atoms with van der Waals surface area (Å²) in [6.07, 6.45) is -3.95. The molecule has 1 rings (SSSR count). The summed E-state index contributed by atoms with van der Waals surface area (Å²) in [6, 6.07) is -1.95. The first kappa shape index (κ1) is 14.3. The highest BCUT2D eigenvalue weighted by Gasteiger charge is 2.39. The van der Waals surface area contributed by atoms with Gasteiger partial charge in [0.2, 0.25) is 5.28 Å². The summed E-state index contributed by atoms with van der Waals surface area (Å²) in [7, 11) is 0. The van der Waals surface area contributed by atoms with Crippen molar-refractivity contribution in [1.29, 1.82) is 0 Å². The Morgan fingerprint density at radius 2 is 2.06 bits per heavy atom. The van der Waals surface area contributed by atoms with Gasteiger partial charge in [-0.3, -0.25) is 0 Å². The maximum Gasteiger partial charge on any atom is 0.408 e. The van der Waals surface area contributed by atoms with Crippen molar-refractivity contribution in [3.63, 3.8) is 0 Å². The van der Waals surface area contributed by atoms with Crippen LogP contribution in [0.4, 0.5) is 19.0 Å². The normalized spacial score (nSPS) is 13.5. The zero-order chi connectivity index (χ0) is 13.1. The van der Waals surface area contributed by atoms with Gasteiger partial charge in [-0.25, -0.2) is 4.98 Å². The monoisotopic (exact) mass is 289 g/mol. The maximum absolute atomic E-state index is 12.5. The Labute approximate surface area is 105 Å². The first-order valence-electron chi connectivity index (χ1n) is 4.46. The van der Waals surface area contributed by atoms with Gasteiger partial charge in [0.25, 0.3) is 0 Å². The zero-order valence-corrected chi connectivity index (χ0v) is 9.81. The highest BCUT2D eigenvalue weighted by molar-refractivity contribution is 6.33. The van der Waals surface area contributed by atoms with Crippen molar-refractivity contribution in [3.8, 4) is 0 Å². The van der Waals surface area contributed by atoms with Gasteiger partial charge in [0, 0.05) is 6.61 Å². The molecule has 1 heterocycles. The fourth-order valence-electron chi connectivity index (χ4n) is 1.06. The summed E-state index contributed by atoms with van der Waals surface area (Å²) < 4.78 is 37.6. The Bertz CT molecular complexity index is 389. The predicted molar refractivity (Wildman–Crippen MR) is 57.2 cm³/mol. The third-order valence-electron chi connectivity index (χ3n) is 1.84. The molecule has 1 aromatic rings. The fraction of sp³-hybridized carbons (Fsp3) is 0.500. The second-order valence-corrected chi connectivity index (χ2v) is 3.83. The summed E-state index contributed by atoms with van der Waals surface area (Å²) in [5, 5.41) is 10.3. The molecule has 0 saturated heterocycles. The zero-order valence-electron chi connectivity index (χ0n) is 8.30. The van der Waals surface area contributed by atoms with Crippen LogP contribution >= 0.6 is 23.2 Å². The fourth-order valence-corrected chi connectivity index (χ4v) is 1.34. The van der Waals surface area contributed by atoms with Crippen LogP contribution in [-0.4, -0.2) is 33.9 Å². The molecule has 96 valence electrons. The van der Waals surface area contributed by atoms with Crippen molar-refractivity contribution >= 4 is 29.0 Å². The molecular weight excluding hydrogens is 282 g/mol. The third-order valence-corrected chi connectivity index (χ3v) is 2.30. The van der Waals surface area contributed by atoms with Gasteiger partial charge in [-0.15, -0.1) is 0 Å². The molecule has 1 aromatic heterocycles. The van der Waals surface area contributed by atoms with Crippen molar-refractivity contribution in [2.45, 2.75) is 18.6 Å². The van der Waals surface area contributed by atoms with Crippen LogP contribution in [0.1, 0.15) is 6.42 Å². The summed E-state index contributed by atoms with van der Waals surface area (Å²) >= 11 is 11.1. The quantitative estimate of drug-likeness (QED) is 0.836. The molecule has 0 radical (unpaired) electrons. The molecule has 0 amide bonds. The van der Waals surface area contributed by atoms with Crippen LogP contribution in [0, 0.1) is 0 Å². The number of hydrogen-bond donors (Lipinski definition) is 2. The average Bonchev–Trinajstić information content (AvgIpc) is 2.21. The van der Waals surface area contributed by atoms with Gasteiger partial charge in [0.15, 0.2) is 0 Å². The van der Waals surface area contributed by atoms with Crippen LogP contribution in [0.2, 0.25) is 10.3 Å². The van der Waals surface area contributed by atoms with E-state index in [1.54, 1.807) is 0 Å². The molecule has 0 fully saturated rings. The van der Waals surface area contributed by atoms with Gasteiger partial charge in [0.05, 0.1) is 6.20 Å². The van der Waals surface area contributed by atoms with Crippen LogP contribution in [0.25, 0.3) is 0 Å². The Hall–Kier alpha value is -0.790. The molecule has 0 bridgehead atoms. The van der Waals surface area contributed by atoms with Gasteiger partial charge in [-0.2, -0.15) is 18.2 Å². The molecule has 2 N–H and O–H groups in total. The second-order valence-electron chi connectivity index (χ2n) is 3.09. The van der Waals surface area contributed by atoms with Crippen molar-refractivity contribution in [3.05, 3.63) is 16.5 Å². The Morgan fingerprint density at radius 1 is 1.41 bits per heavy atom. The summed E-state index contributed by atoms with van der Waals surface area (Å²) in [6.45, 7) is -0.617. The predicted octanol–water partition coefficient (Wildman–Crippen LogP) is 2.51. The number of alkyl halides is 3. The summed E-state index contributed by atoms with van der Waals surface area (Å²) in [4.78, 5) is 7.04. The minimum atomic E-state index is -4.52.